The zero-order valence-corrected chi connectivity index (χ0v) is 30.4. The molecule has 48 heavy (non-hydrogen) atoms. The summed E-state index contributed by atoms with van der Waals surface area (Å²) >= 11 is 3.77. The average Bonchev–Trinajstić information content (AvgIpc) is 3.08. The number of benzene rings is 5. The van der Waals surface area contributed by atoms with Crippen molar-refractivity contribution in [3.8, 4) is 0 Å². The monoisotopic (exact) mass is 672 g/mol. The minimum atomic E-state index is 0.980. The van der Waals surface area contributed by atoms with E-state index in [2.05, 4.69) is 159 Å². The Bertz CT molecular complexity index is 1640. The van der Waals surface area contributed by atoms with Crippen molar-refractivity contribution in [2.24, 2.45) is 0 Å². The summed E-state index contributed by atoms with van der Waals surface area (Å²) in [6.07, 6.45) is 2.27. The lowest BCUT2D eigenvalue weighted by molar-refractivity contribution is -0.904. The summed E-state index contributed by atoms with van der Waals surface area (Å²) in [4.78, 5) is 10.5. The largest absolute Gasteiger partial charge is 0.339 e. The molecule has 2 heterocycles. The van der Waals surface area contributed by atoms with Crippen molar-refractivity contribution in [1.82, 2.24) is 0 Å². The fraction of sp³-hybridized carbons (Fsp3) is 0.286. The zero-order valence-electron chi connectivity index (χ0n) is 28.8. The van der Waals surface area contributed by atoms with Gasteiger partial charge in [0.25, 0.3) is 0 Å². The zero-order chi connectivity index (χ0) is 33.1. The van der Waals surface area contributed by atoms with Gasteiger partial charge in [-0.05, 0) is 48.5 Å². The quantitative estimate of drug-likeness (QED) is 0.122. The predicted octanol–water partition coefficient (Wildman–Crippen LogP) is 10.2. The van der Waals surface area contributed by atoms with Gasteiger partial charge in [0.2, 0.25) is 0 Å². The highest BCUT2D eigenvalue weighted by molar-refractivity contribution is 8.00. The van der Waals surface area contributed by atoms with Crippen LogP contribution in [0, 0.1) is 0 Å². The molecule has 0 aromatic heterocycles. The van der Waals surface area contributed by atoms with Crippen LogP contribution in [-0.2, 0) is 13.1 Å². The third-order valence-electron chi connectivity index (χ3n) is 9.60. The van der Waals surface area contributed by atoms with Crippen molar-refractivity contribution in [1.29, 1.82) is 0 Å². The third-order valence-corrected chi connectivity index (χ3v) is 11.9. The van der Waals surface area contributed by atoms with E-state index in [4.69, 9.17) is 0 Å². The molecule has 0 spiro atoms. The van der Waals surface area contributed by atoms with Crippen LogP contribution in [0.25, 0.3) is 0 Å². The number of hydrogen-bond donors (Lipinski definition) is 0. The normalized spacial score (nSPS) is 13.8. The van der Waals surface area contributed by atoms with Crippen molar-refractivity contribution >= 4 is 46.3 Å². The van der Waals surface area contributed by atoms with Gasteiger partial charge in [0, 0.05) is 56.6 Å². The molecule has 0 atom stereocenters. The molecular weight excluding hydrogens is 625 g/mol. The molecule has 0 aliphatic carbocycles. The molecule has 2 aliphatic heterocycles. The van der Waals surface area contributed by atoms with E-state index in [1.165, 1.54) is 53.5 Å². The number of anilines is 4. The van der Waals surface area contributed by atoms with E-state index in [-0.39, 0.29) is 0 Å². The topological polar surface area (TPSA) is 6.48 Å². The smallest absolute Gasteiger partial charge is 0.104 e. The van der Waals surface area contributed by atoms with Crippen molar-refractivity contribution in [2.75, 3.05) is 64.2 Å². The maximum Gasteiger partial charge on any atom is 0.104 e. The molecule has 6 heteroatoms. The maximum atomic E-state index is 2.53. The fourth-order valence-electron chi connectivity index (χ4n) is 7.25. The lowest BCUT2D eigenvalue weighted by Gasteiger charge is -2.35. The molecule has 0 N–H and O–H groups in total. The maximum absolute atomic E-state index is 2.53. The minimum Gasteiger partial charge on any atom is -0.339 e. The summed E-state index contributed by atoms with van der Waals surface area (Å²) in [6.45, 7) is 6.39. The Labute approximate surface area is 296 Å². The highest BCUT2D eigenvalue weighted by Crippen LogP contribution is 2.49. The Morgan fingerprint density at radius 2 is 0.708 bits per heavy atom. The van der Waals surface area contributed by atoms with E-state index < -0.39 is 0 Å². The fourth-order valence-corrected chi connectivity index (χ4v) is 9.45. The summed E-state index contributed by atoms with van der Waals surface area (Å²) in [7, 11) is 9.50. The van der Waals surface area contributed by atoms with Gasteiger partial charge in [-0.1, -0.05) is 96.3 Å². The van der Waals surface area contributed by atoms with Gasteiger partial charge in [-0.25, -0.2) is 0 Å². The van der Waals surface area contributed by atoms with Crippen LogP contribution < -0.4 is 9.80 Å². The minimum absolute atomic E-state index is 0.980. The summed E-state index contributed by atoms with van der Waals surface area (Å²) in [5, 5.41) is 0. The first kappa shape index (κ1) is 32.8. The van der Waals surface area contributed by atoms with E-state index in [1.54, 1.807) is 0 Å². The first-order chi connectivity index (χ1) is 23.2. The van der Waals surface area contributed by atoms with Crippen LogP contribution in [0.3, 0.4) is 0 Å². The molecule has 7 rings (SSSR count). The molecule has 246 valence electrons. The number of quaternary nitrogens is 2. The first-order valence-corrected chi connectivity index (χ1v) is 18.9. The van der Waals surface area contributed by atoms with Gasteiger partial charge in [-0.2, -0.15) is 0 Å². The van der Waals surface area contributed by atoms with Crippen LogP contribution in [0.1, 0.15) is 24.0 Å². The molecule has 4 nitrogen and oxygen atoms in total. The molecule has 0 radical (unpaired) electrons. The van der Waals surface area contributed by atoms with E-state index in [1.807, 2.05) is 23.5 Å². The van der Waals surface area contributed by atoms with Crippen LogP contribution in [0.4, 0.5) is 22.7 Å². The van der Waals surface area contributed by atoms with E-state index in [0.717, 1.165) is 61.1 Å². The number of fused-ring (bicyclic) bond motifs is 4. The molecular formula is C42H48N4S2+2. The van der Waals surface area contributed by atoms with Crippen LogP contribution in [0.5, 0.6) is 0 Å². The van der Waals surface area contributed by atoms with Crippen LogP contribution in [-0.4, -0.2) is 63.3 Å². The first-order valence-electron chi connectivity index (χ1n) is 17.2. The molecule has 0 amide bonds. The van der Waals surface area contributed by atoms with Crippen LogP contribution >= 0.6 is 23.5 Å². The van der Waals surface area contributed by atoms with Crippen LogP contribution in [0.2, 0.25) is 0 Å². The Morgan fingerprint density at radius 3 is 1.02 bits per heavy atom. The second kappa shape index (κ2) is 14.0. The third kappa shape index (κ3) is 7.47. The van der Waals surface area contributed by atoms with E-state index in [0.29, 0.717) is 0 Å². The number of para-hydroxylation sites is 4. The predicted molar refractivity (Wildman–Crippen MR) is 205 cm³/mol. The Balaban J connectivity index is 0.916. The number of nitrogens with zero attached hydrogens (tertiary/aromatic N) is 4. The molecule has 0 saturated carbocycles. The van der Waals surface area contributed by atoms with Gasteiger partial charge in [0.1, 0.15) is 13.1 Å². The van der Waals surface area contributed by atoms with Gasteiger partial charge < -0.3 is 18.8 Å². The average molecular weight is 673 g/mol. The van der Waals surface area contributed by atoms with Gasteiger partial charge in [-0.15, -0.1) is 0 Å². The molecule has 0 unspecified atom stereocenters. The standard InChI is InChI=1S/C42H48N4S2/c1-45(2,29-13-27-43-35-15-5-9-19-39(35)47-40-20-10-6-16-36(40)43)31-33-23-25-34(26-24-33)32-46(3,4)30-14-28-44-37-17-7-11-21-41(37)48-42-22-12-8-18-38(42)44/h5-12,15-26H,13-14,27-32H2,1-4H3/q+2. The molecule has 2 aliphatic rings. The van der Waals surface area contributed by atoms with Crippen molar-refractivity contribution in [3.05, 3.63) is 132 Å². The van der Waals surface area contributed by atoms with Gasteiger partial charge in [0.15, 0.2) is 0 Å². The SMILES string of the molecule is C[N+](C)(CCCN1c2ccccc2Sc2ccccc21)Cc1ccc(C[N+](C)(C)CCCN2c3ccccc3Sc3ccccc32)cc1. The summed E-state index contributed by atoms with van der Waals surface area (Å²) in [5.74, 6) is 0. The molecule has 0 bridgehead atoms. The van der Waals surface area contributed by atoms with E-state index >= 15 is 0 Å². The Hall–Kier alpha value is -3.68. The van der Waals surface area contributed by atoms with E-state index in [9.17, 15) is 0 Å². The Morgan fingerprint density at radius 1 is 0.417 bits per heavy atom. The van der Waals surface area contributed by atoms with Crippen molar-refractivity contribution < 1.29 is 8.97 Å². The second-order valence-corrected chi connectivity index (χ2v) is 16.7. The second-order valence-electron chi connectivity index (χ2n) is 14.5. The Kier molecular flexibility index (Phi) is 9.61. The molecule has 0 fully saturated rings. The lowest BCUT2D eigenvalue weighted by atomic mass is 10.1. The molecule has 5 aromatic rings. The van der Waals surface area contributed by atoms with Crippen LogP contribution in [0.15, 0.2) is 141 Å². The van der Waals surface area contributed by atoms with Gasteiger partial charge in [-0.3, -0.25) is 0 Å². The van der Waals surface area contributed by atoms with Crippen molar-refractivity contribution in [3.63, 3.8) is 0 Å². The highest BCUT2D eigenvalue weighted by atomic mass is 32.2. The number of hydrogen-bond acceptors (Lipinski definition) is 4. The molecule has 5 aromatic carbocycles. The van der Waals surface area contributed by atoms with Gasteiger partial charge in [0.05, 0.1) is 64.0 Å². The summed E-state index contributed by atoms with van der Waals surface area (Å²) in [6, 6.07) is 44.8. The van der Waals surface area contributed by atoms with Crippen molar-refractivity contribution in [2.45, 2.75) is 45.5 Å². The summed E-state index contributed by atoms with van der Waals surface area (Å²) in [5.41, 5.74) is 8.18. The highest BCUT2D eigenvalue weighted by Gasteiger charge is 2.26. The van der Waals surface area contributed by atoms with Gasteiger partial charge >= 0.3 is 0 Å². The number of rotatable bonds is 12. The molecule has 0 saturated heterocycles. The lowest BCUT2D eigenvalue weighted by Crippen LogP contribution is -2.41. The summed E-state index contributed by atoms with van der Waals surface area (Å²) < 4.78 is 1.96.